The van der Waals surface area contributed by atoms with Crippen molar-refractivity contribution in [1.29, 1.82) is 0 Å². The molecule has 0 radical (unpaired) electrons. The summed E-state index contributed by atoms with van der Waals surface area (Å²) in [6.45, 7) is 4.38. The van der Waals surface area contributed by atoms with Crippen LogP contribution >= 0.6 is 11.3 Å². The molecule has 1 aliphatic heterocycles. The van der Waals surface area contributed by atoms with Gasteiger partial charge in [-0.05, 0) is 32.0 Å². The zero-order chi connectivity index (χ0) is 17.6. The highest BCUT2D eigenvalue weighted by atomic mass is 32.2. The van der Waals surface area contributed by atoms with Crippen LogP contribution in [-0.2, 0) is 10.0 Å². The lowest BCUT2D eigenvalue weighted by atomic mass is 10.1. The number of aryl methyl sites for hydroxylation is 1. The van der Waals surface area contributed by atoms with Crippen molar-refractivity contribution in [2.45, 2.75) is 18.1 Å². The summed E-state index contributed by atoms with van der Waals surface area (Å²) in [5.74, 6) is 1.19. The van der Waals surface area contributed by atoms with Crippen LogP contribution < -0.4 is 9.04 Å². The van der Waals surface area contributed by atoms with Gasteiger partial charge in [-0.15, -0.1) is 11.3 Å². The van der Waals surface area contributed by atoms with Gasteiger partial charge in [0.05, 0.1) is 17.9 Å². The molecule has 25 heavy (non-hydrogen) atoms. The summed E-state index contributed by atoms with van der Waals surface area (Å²) in [5, 5.41) is 5.72. The Kier molecular flexibility index (Phi) is 3.81. The molecule has 0 aliphatic carbocycles. The van der Waals surface area contributed by atoms with E-state index in [0.717, 1.165) is 16.8 Å². The standard InChI is InChI=1S/C17H16N2O4S2/c1-11-12(2)18-23-17(11)13-9-16(24-10-13)25(20,21)19-7-8-22-15-6-4-3-5-14(15)19/h3-6,9-10H,7-8H2,1-2H3. The second-order valence-electron chi connectivity index (χ2n) is 5.77. The summed E-state index contributed by atoms with van der Waals surface area (Å²) in [7, 11) is -3.66. The van der Waals surface area contributed by atoms with Crippen LogP contribution in [-0.4, -0.2) is 26.7 Å². The van der Waals surface area contributed by atoms with Gasteiger partial charge < -0.3 is 9.26 Å². The predicted molar refractivity (Wildman–Crippen MR) is 95.8 cm³/mol. The lowest BCUT2D eigenvalue weighted by Gasteiger charge is -2.29. The molecule has 0 atom stereocenters. The molecule has 0 bridgehead atoms. The van der Waals surface area contributed by atoms with E-state index in [4.69, 9.17) is 9.26 Å². The zero-order valence-electron chi connectivity index (χ0n) is 13.7. The topological polar surface area (TPSA) is 72.6 Å². The number of anilines is 1. The Morgan fingerprint density at radius 1 is 1.24 bits per heavy atom. The fourth-order valence-corrected chi connectivity index (χ4v) is 5.49. The maximum absolute atomic E-state index is 13.1. The van der Waals surface area contributed by atoms with E-state index in [-0.39, 0.29) is 10.8 Å². The third-order valence-corrected chi connectivity index (χ3v) is 7.45. The number of aromatic nitrogens is 1. The van der Waals surface area contributed by atoms with E-state index in [2.05, 4.69) is 5.16 Å². The first-order valence-corrected chi connectivity index (χ1v) is 10.1. The molecule has 2 aromatic heterocycles. The van der Waals surface area contributed by atoms with Gasteiger partial charge >= 0.3 is 0 Å². The molecule has 0 amide bonds. The summed E-state index contributed by atoms with van der Waals surface area (Å²) in [6.07, 6.45) is 0. The summed E-state index contributed by atoms with van der Waals surface area (Å²) in [5.41, 5.74) is 3.00. The van der Waals surface area contributed by atoms with Crippen LogP contribution in [0.3, 0.4) is 0 Å². The third kappa shape index (κ3) is 2.61. The molecular formula is C17H16N2O4S2. The van der Waals surface area contributed by atoms with Gasteiger partial charge in [0.15, 0.2) is 5.76 Å². The van der Waals surface area contributed by atoms with Crippen LogP contribution in [0.2, 0.25) is 0 Å². The Bertz CT molecular complexity index is 1040. The van der Waals surface area contributed by atoms with E-state index in [1.807, 2.05) is 19.9 Å². The zero-order valence-corrected chi connectivity index (χ0v) is 15.4. The number of benzene rings is 1. The van der Waals surface area contributed by atoms with Crippen LogP contribution in [0.4, 0.5) is 5.69 Å². The Balaban J connectivity index is 1.74. The molecule has 0 saturated heterocycles. The number of fused-ring (bicyclic) bond motifs is 1. The van der Waals surface area contributed by atoms with E-state index in [1.54, 1.807) is 29.6 Å². The number of sulfonamides is 1. The normalized spacial score (nSPS) is 14.2. The molecule has 1 aromatic carbocycles. The fourth-order valence-electron chi connectivity index (χ4n) is 2.76. The average Bonchev–Trinajstić information content (AvgIpc) is 3.22. The number of hydrogen-bond acceptors (Lipinski definition) is 6. The van der Waals surface area contributed by atoms with Gasteiger partial charge in [-0.2, -0.15) is 0 Å². The van der Waals surface area contributed by atoms with Gasteiger partial charge in [-0.25, -0.2) is 8.42 Å². The molecular weight excluding hydrogens is 360 g/mol. The summed E-state index contributed by atoms with van der Waals surface area (Å²) < 4.78 is 38.8. The van der Waals surface area contributed by atoms with Crippen LogP contribution in [0.5, 0.6) is 5.75 Å². The van der Waals surface area contributed by atoms with Crippen molar-refractivity contribution in [2.24, 2.45) is 0 Å². The van der Waals surface area contributed by atoms with Gasteiger partial charge in [0.2, 0.25) is 0 Å². The van der Waals surface area contributed by atoms with E-state index in [1.165, 1.54) is 15.6 Å². The van der Waals surface area contributed by atoms with Gasteiger partial charge in [0, 0.05) is 16.5 Å². The molecule has 0 spiro atoms. The number of rotatable bonds is 3. The minimum absolute atomic E-state index is 0.271. The molecule has 3 heterocycles. The lowest BCUT2D eigenvalue weighted by Crippen LogP contribution is -2.37. The number of thiophene rings is 1. The lowest BCUT2D eigenvalue weighted by molar-refractivity contribution is 0.316. The van der Waals surface area contributed by atoms with Crippen LogP contribution in [0.25, 0.3) is 11.3 Å². The molecule has 1 aliphatic rings. The molecule has 130 valence electrons. The maximum Gasteiger partial charge on any atom is 0.274 e. The van der Waals surface area contributed by atoms with Gasteiger partial charge in [0.1, 0.15) is 16.6 Å². The number of hydrogen-bond donors (Lipinski definition) is 0. The van der Waals surface area contributed by atoms with Crippen LogP contribution in [0.15, 0.2) is 44.4 Å². The summed E-state index contributed by atoms with van der Waals surface area (Å²) in [4.78, 5) is 0. The smallest absolute Gasteiger partial charge is 0.274 e. The van der Waals surface area contributed by atoms with E-state index in [0.29, 0.717) is 23.8 Å². The molecule has 6 nitrogen and oxygen atoms in total. The largest absolute Gasteiger partial charge is 0.489 e. The van der Waals surface area contributed by atoms with Gasteiger partial charge in [0.25, 0.3) is 10.0 Å². The Morgan fingerprint density at radius 3 is 2.80 bits per heavy atom. The molecule has 0 saturated carbocycles. The molecule has 0 fully saturated rings. The highest BCUT2D eigenvalue weighted by molar-refractivity contribution is 7.94. The van der Waals surface area contributed by atoms with Crippen molar-refractivity contribution in [3.63, 3.8) is 0 Å². The first-order valence-electron chi connectivity index (χ1n) is 7.75. The van der Waals surface area contributed by atoms with Crippen molar-refractivity contribution in [1.82, 2.24) is 5.16 Å². The summed E-state index contributed by atoms with van der Waals surface area (Å²) in [6, 6.07) is 8.80. The Labute approximate surface area is 149 Å². The Morgan fingerprint density at radius 2 is 2.04 bits per heavy atom. The molecule has 0 N–H and O–H groups in total. The van der Waals surface area contributed by atoms with Crippen molar-refractivity contribution >= 4 is 27.0 Å². The van der Waals surface area contributed by atoms with Crippen molar-refractivity contribution < 1.29 is 17.7 Å². The molecule has 4 rings (SSSR count). The maximum atomic E-state index is 13.1. The second kappa shape index (κ2) is 5.89. The molecule has 8 heteroatoms. The minimum Gasteiger partial charge on any atom is -0.489 e. The molecule has 0 unspecified atom stereocenters. The number of para-hydroxylation sites is 2. The van der Waals surface area contributed by atoms with Crippen LogP contribution in [0.1, 0.15) is 11.3 Å². The second-order valence-corrected chi connectivity index (χ2v) is 8.77. The third-order valence-electron chi connectivity index (χ3n) is 4.23. The number of ether oxygens (including phenoxy) is 1. The minimum atomic E-state index is -3.66. The predicted octanol–water partition coefficient (Wildman–Crippen LogP) is 3.61. The monoisotopic (exact) mass is 376 g/mol. The van der Waals surface area contributed by atoms with Crippen LogP contribution in [0, 0.1) is 13.8 Å². The van der Waals surface area contributed by atoms with Crippen molar-refractivity contribution in [3.05, 3.63) is 47.0 Å². The van der Waals surface area contributed by atoms with Crippen molar-refractivity contribution in [3.8, 4) is 17.1 Å². The average molecular weight is 376 g/mol. The van der Waals surface area contributed by atoms with Gasteiger partial charge in [-0.3, -0.25) is 4.31 Å². The quantitative estimate of drug-likeness (QED) is 0.698. The SMILES string of the molecule is Cc1noc(-c2csc(S(=O)(=O)N3CCOc4ccccc43)c2)c1C. The van der Waals surface area contributed by atoms with Gasteiger partial charge in [-0.1, -0.05) is 17.3 Å². The van der Waals surface area contributed by atoms with Crippen molar-refractivity contribution in [2.75, 3.05) is 17.5 Å². The fraction of sp³-hybridized carbons (Fsp3) is 0.235. The number of nitrogens with zero attached hydrogens (tertiary/aromatic N) is 2. The van der Waals surface area contributed by atoms with E-state index in [9.17, 15) is 8.42 Å². The highest BCUT2D eigenvalue weighted by Crippen LogP contribution is 2.38. The first-order chi connectivity index (χ1) is 12.0. The highest BCUT2D eigenvalue weighted by Gasteiger charge is 2.31. The Hall–Kier alpha value is -2.32. The van der Waals surface area contributed by atoms with E-state index < -0.39 is 10.0 Å². The summed E-state index contributed by atoms with van der Waals surface area (Å²) >= 11 is 1.18. The van der Waals surface area contributed by atoms with E-state index >= 15 is 0 Å². The first kappa shape index (κ1) is 16.2. The molecule has 3 aromatic rings.